The Morgan fingerprint density at radius 3 is 2.41 bits per heavy atom. The maximum atomic E-state index is 5.89. The smallest absolute Gasteiger partial charge is 0.247 e. The van der Waals surface area contributed by atoms with E-state index in [4.69, 9.17) is 25.3 Å². The third-order valence-electron chi connectivity index (χ3n) is 3.75. The van der Waals surface area contributed by atoms with E-state index in [0.29, 0.717) is 35.1 Å². The van der Waals surface area contributed by atoms with Crippen molar-refractivity contribution in [1.82, 2.24) is 20.3 Å². The first-order valence-electron chi connectivity index (χ1n) is 8.35. The average molecular weight is 383 g/mol. The Hall–Kier alpha value is -3.19. The Labute approximate surface area is 160 Å². The number of nitrogens with zero attached hydrogens (tertiary/aromatic N) is 4. The average Bonchev–Trinajstić information content (AvgIpc) is 3.34. The van der Waals surface area contributed by atoms with Gasteiger partial charge in [-0.25, -0.2) is 0 Å². The lowest BCUT2D eigenvalue weighted by molar-refractivity contribution is 0.340. The summed E-state index contributed by atoms with van der Waals surface area (Å²) >= 11 is 5.89. The summed E-state index contributed by atoms with van der Waals surface area (Å²) in [5.74, 6) is 2.48. The van der Waals surface area contributed by atoms with Gasteiger partial charge in [0.2, 0.25) is 23.5 Å². The first-order chi connectivity index (χ1) is 13.2. The SMILES string of the molecule is CCOc1ccc(-c2noc(Cc3nnc(-c4ccc(Cl)cc4)o3)n2)cc1. The van der Waals surface area contributed by atoms with E-state index in [2.05, 4.69) is 20.3 Å². The van der Waals surface area contributed by atoms with Gasteiger partial charge in [-0.3, -0.25) is 0 Å². The van der Waals surface area contributed by atoms with Gasteiger partial charge in [0, 0.05) is 16.1 Å². The highest BCUT2D eigenvalue weighted by atomic mass is 35.5. The summed E-state index contributed by atoms with van der Waals surface area (Å²) in [6.07, 6.45) is 0.255. The van der Waals surface area contributed by atoms with E-state index in [1.54, 1.807) is 12.1 Å². The fourth-order valence-corrected chi connectivity index (χ4v) is 2.60. The molecule has 0 N–H and O–H groups in total. The van der Waals surface area contributed by atoms with Crippen LogP contribution >= 0.6 is 11.6 Å². The molecule has 0 atom stereocenters. The number of hydrogen-bond acceptors (Lipinski definition) is 7. The van der Waals surface area contributed by atoms with Crippen LogP contribution in [0.1, 0.15) is 18.7 Å². The monoisotopic (exact) mass is 382 g/mol. The van der Waals surface area contributed by atoms with Crippen LogP contribution in [-0.2, 0) is 6.42 Å². The van der Waals surface area contributed by atoms with Crippen molar-refractivity contribution in [3.8, 4) is 28.6 Å². The molecule has 7 nitrogen and oxygen atoms in total. The molecule has 27 heavy (non-hydrogen) atoms. The third-order valence-corrected chi connectivity index (χ3v) is 4.00. The van der Waals surface area contributed by atoms with E-state index in [1.165, 1.54) is 0 Å². The lowest BCUT2D eigenvalue weighted by Crippen LogP contribution is -1.91. The summed E-state index contributed by atoms with van der Waals surface area (Å²) in [6.45, 7) is 2.56. The first kappa shape index (κ1) is 17.2. The minimum absolute atomic E-state index is 0.255. The van der Waals surface area contributed by atoms with Crippen molar-refractivity contribution in [1.29, 1.82) is 0 Å². The summed E-state index contributed by atoms with van der Waals surface area (Å²) < 4.78 is 16.4. The van der Waals surface area contributed by atoms with Gasteiger partial charge in [0.25, 0.3) is 0 Å². The highest BCUT2D eigenvalue weighted by Gasteiger charge is 2.14. The molecule has 2 heterocycles. The predicted molar refractivity (Wildman–Crippen MR) is 98.5 cm³/mol. The summed E-state index contributed by atoms with van der Waals surface area (Å²) in [5, 5.41) is 12.7. The Balaban J connectivity index is 1.47. The molecule has 0 amide bonds. The Morgan fingerprint density at radius 1 is 0.926 bits per heavy atom. The Kier molecular flexibility index (Phi) is 4.84. The third kappa shape index (κ3) is 3.98. The van der Waals surface area contributed by atoms with E-state index in [-0.39, 0.29) is 6.42 Å². The molecule has 0 aliphatic heterocycles. The molecule has 0 spiro atoms. The zero-order chi connectivity index (χ0) is 18.6. The molecule has 0 bridgehead atoms. The second-order valence-electron chi connectivity index (χ2n) is 5.65. The second kappa shape index (κ2) is 7.59. The topological polar surface area (TPSA) is 87.1 Å². The zero-order valence-corrected chi connectivity index (χ0v) is 15.2. The molecule has 8 heteroatoms. The molecule has 2 aromatic heterocycles. The number of aromatic nitrogens is 4. The minimum atomic E-state index is 0.255. The molecule has 4 rings (SSSR count). The first-order valence-corrected chi connectivity index (χ1v) is 8.73. The van der Waals surface area contributed by atoms with Gasteiger partial charge in [-0.1, -0.05) is 16.8 Å². The van der Waals surface area contributed by atoms with Crippen molar-refractivity contribution < 1.29 is 13.7 Å². The van der Waals surface area contributed by atoms with Crippen molar-refractivity contribution in [3.63, 3.8) is 0 Å². The second-order valence-corrected chi connectivity index (χ2v) is 6.09. The molecule has 0 fully saturated rings. The quantitative estimate of drug-likeness (QED) is 0.487. The molecule has 0 saturated carbocycles. The summed E-state index contributed by atoms with van der Waals surface area (Å²) in [7, 11) is 0. The predicted octanol–water partition coefficient (Wildman–Crippen LogP) is 4.43. The molecule has 136 valence electrons. The van der Waals surface area contributed by atoms with Crippen molar-refractivity contribution in [2.75, 3.05) is 6.61 Å². The van der Waals surface area contributed by atoms with Crippen molar-refractivity contribution in [2.45, 2.75) is 13.3 Å². The number of hydrogen-bond donors (Lipinski definition) is 0. The summed E-state index contributed by atoms with van der Waals surface area (Å²) in [4.78, 5) is 4.38. The fraction of sp³-hybridized carbons (Fsp3) is 0.158. The Bertz CT molecular complexity index is 1030. The highest BCUT2D eigenvalue weighted by molar-refractivity contribution is 6.30. The molecular weight excluding hydrogens is 368 g/mol. The van der Waals surface area contributed by atoms with Crippen LogP contribution < -0.4 is 4.74 Å². The molecule has 0 saturated heterocycles. The van der Waals surface area contributed by atoms with Crippen LogP contribution in [0.25, 0.3) is 22.8 Å². The molecular formula is C19H15ClN4O3. The molecule has 0 aliphatic carbocycles. The number of rotatable bonds is 6. The van der Waals surface area contributed by atoms with Crippen LogP contribution in [0.3, 0.4) is 0 Å². The maximum absolute atomic E-state index is 5.89. The van der Waals surface area contributed by atoms with E-state index in [9.17, 15) is 0 Å². The molecule has 4 aromatic rings. The summed E-state index contributed by atoms with van der Waals surface area (Å²) in [6, 6.07) is 14.7. The van der Waals surface area contributed by atoms with Crippen molar-refractivity contribution >= 4 is 11.6 Å². The number of benzene rings is 2. The van der Waals surface area contributed by atoms with Crippen LogP contribution in [-0.4, -0.2) is 26.9 Å². The number of ether oxygens (including phenoxy) is 1. The lowest BCUT2D eigenvalue weighted by Gasteiger charge is -2.02. The van der Waals surface area contributed by atoms with Gasteiger partial charge in [0.1, 0.15) is 12.2 Å². The van der Waals surface area contributed by atoms with Gasteiger partial charge in [0.05, 0.1) is 6.61 Å². The van der Waals surface area contributed by atoms with Crippen LogP contribution in [0, 0.1) is 0 Å². The van der Waals surface area contributed by atoms with Gasteiger partial charge in [-0.15, -0.1) is 10.2 Å². The largest absolute Gasteiger partial charge is 0.494 e. The van der Waals surface area contributed by atoms with Gasteiger partial charge < -0.3 is 13.7 Å². The fourth-order valence-electron chi connectivity index (χ4n) is 2.47. The Morgan fingerprint density at radius 2 is 1.67 bits per heavy atom. The molecule has 2 aromatic carbocycles. The zero-order valence-electron chi connectivity index (χ0n) is 14.4. The molecule has 0 unspecified atom stereocenters. The van der Waals surface area contributed by atoms with Gasteiger partial charge in [-0.05, 0) is 55.5 Å². The molecule has 0 aliphatic rings. The van der Waals surface area contributed by atoms with Gasteiger partial charge in [0.15, 0.2) is 0 Å². The van der Waals surface area contributed by atoms with Gasteiger partial charge in [-0.2, -0.15) is 4.98 Å². The van der Waals surface area contributed by atoms with E-state index in [0.717, 1.165) is 16.9 Å². The lowest BCUT2D eigenvalue weighted by atomic mass is 10.2. The van der Waals surface area contributed by atoms with Crippen LogP contribution in [0.15, 0.2) is 57.5 Å². The van der Waals surface area contributed by atoms with Gasteiger partial charge >= 0.3 is 0 Å². The summed E-state index contributed by atoms with van der Waals surface area (Å²) in [5.41, 5.74) is 1.62. The molecule has 0 radical (unpaired) electrons. The van der Waals surface area contributed by atoms with E-state index in [1.807, 2.05) is 43.3 Å². The van der Waals surface area contributed by atoms with Crippen molar-refractivity contribution in [3.05, 3.63) is 65.3 Å². The van der Waals surface area contributed by atoms with Crippen LogP contribution in [0.5, 0.6) is 5.75 Å². The van der Waals surface area contributed by atoms with Crippen molar-refractivity contribution in [2.24, 2.45) is 0 Å². The maximum Gasteiger partial charge on any atom is 0.247 e. The number of halogens is 1. The van der Waals surface area contributed by atoms with Crippen LogP contribution in [0.2, 0.25) is 5.02 Å². The minimum Gasteiger partial charge on any atom is -0.494 e. The normalized spacial score (nSPS) is 10.9. The van der Waals surface area contributed by atoms with E-state index < -0.39 is 0 Å². The van der Waals surface area contributed by atoms with E-state index >= 15 is 0 Å². The standard InChI is InChI=1S/C19H15ClN4O3/c1-2-25-15-9-5-12(6-10-15)18-21-16(27-24-18)11-17-22-23-19(26-17)13-3-7-14(20)8-4-13/h3-10H,2,11H2,1H3. The highest BCUT2D eigenvalue weighted by Crippen LogP contribution is 2.23. The van der Waals surface area contributed by atoms with Crippen LogP contribution in [0.4, 0.5) is 0 Å².